The highest BCUT2D eigenvalue weighted by atomic mass is 19.1. The van der Waals surface area contributed by atoms with Crippen LogP contribution in [0, 0.1) is 16.7 Å². The van der Waals surface area contributed by atoms with Crippen molar-refractivity contribution in [2.45, 2.75) is 13.0 Å². The molecule has 2 rings (SSSR count). The molecule has 2 aromatic rings. The van der Waals surface area contributed by atoms with Crippen molar-refractivity contribution in [3.05, 3.63) is 102 Å². The van der Waals surface area contributed by atoms with Gasteiger partial charge in [0.1, 0.15) is 23.5 Å². The number of carbonyl (C=O) groups is 1. The number of benzene rings is 1. The maximum Gasteiger partial charge on any atom is 0.255 e. The average Bonchev–Trinajstić information content (AvgIpc) is 2.82. The Hall–Kier alpha value is -4.51. The van der Waals surface area contributed by atoms with Crippen LogP contribution in [0.1, 0.15) is 33.5 Å². The second-order valence-electron chi connectivity index (χ2n) is 6.91. The van der Waals surface area contributed by atoms with E-state index in [1.54, 1.807) is 18.2 Å². The minimum absolute atomic E-state index is 0.0906. The lowest BCUT2D eigenvalue weighted by Gasteiger charge is -2.12. The molecule has 0 fully saturated rings. The molecule has 0 saturated carbocycles. The Bertz CT molecular complexity index is 1140. The van der Waals surface area contributed by atoms with Crippen LogP contribution in [0.5, 0.6) is 0 Å². The number of pyridine rings is 1. The quantitative estimate of drug-likeness (QED) is 0.178. The molecule has 1 amide bonds. The fourth-order valence-corrected chi connectivity index (χ4v) is 2.73. The van der Waals surface area contributed by atoms with E-state index in [0.29, 0.717) is 24.4 Å². The predicted octanol–water partition coefficient (Wildman–Crippen LogP) is 4.23. The van der Waals surface area contributed by atoms with Crippen LogP contribution in [-0.4, -0.2) is 23.3 Å². The first-order valence-corrected chi connectivity index (χ1v) is 10.0. The third-order valence-corrected chi connectivity index (χ3v) is 4.50. The number of nitrogens with one attached hydrogen (secondary N) is 3. The van der Waals surface area contributed by atoms with Crippen molar-refractivity contribution in [2.24, 2.45) is 5.73 Å². The average molecular weight is 445 g/mol. The van der Waals surface area contributed by atoms with Gasteiger partial charge in [0.05, 0.1) is 11.1 Å². The second-order valence-corrected chi connectivity index (χ2v) is 6.91. The number of halogens is 1. The summed E-state index contributed by atoms with van der Waals surface area (Å²) in [5.74, 6) is -0.579. The molecule has 0 spiro atoms. The molecule has 0 atom stereocenters. The summed E-state index contributed by atoms with van der Waals surface area (Å²) in [7, 11) is 0. The number of rotatable bonds is 11. The highest BCUT2D eigenvalue weighted by molar-refractivity contribution is 6.19. The van der Waals surface area contributed by atoms with E-state index in [2.05, 4.69) is 28.8 Å². The van der Waals surface area contributed by atoms with Crippen LogP contribution < -0.4 is 16.4 Å². The molecule has 0 aliphatic rings. The third-order valence-electron chi connectivity index (χ3n) is 4.50. The van der Waals surface area contributed by atoms with E-state index in [0.717, 1.165) is 11.1 Å². The van der Waals surface area contributed by atoms with Gasteiger partial charge in [0.25, 0.3) is 5.91 Å². The maximum atomic E-state index is 13.3. The lowest BCUT2D eigenvalue weighted by Crippen LogP contribution is -2.25. The molecular formula is C25H25FN6O. The molecule has 0 saturated heterocycles. The zero-order chi connectivity index (χ0) is 24.2. The first kappa shape index (κ1) is 24.8. The number of hydrogen-bond acceptors (Lipinski definition) is 5. The highest BCUT2D eigenvalue weighted by Gasteiger charge is 2.14. The van der Waals surface area contributed by atoms with Gasteiger partial charge in [0, 0.05) is 24.9 Å². The highest BCUT2D eigenvalue weighted by Crippen LogP contribution is 2.17. The SMILES string of the molecule is C=C/C=C(F)\C=C/CCNC(=O)c1cc(C#N)cnc1NCc1ccc(C(=C)C(=N)N)cc1. The molecule has 0 radical (unpaired) electrons. The number of nitriles is 1. The van der Waals surface area contributed by atoms with E-state index < -0.39 is 11.7 Å². The molecule has 0 aliphatic heterocycles. The van der Waals surface area contributed by atoms with Crippen molar-refractivity contribution in [1.29, 1.82) is 10.7 Å². The van der Waals surface area contributed by atoms with Crippen molar-refractivity contribution in [2.75, 3.05) is 11.9 Å². The number of aromatic nitrogens is 1. The van der Waals surface area contributed by atoms with E-state index in [1.165, 1.54) is 30.5 Å². The topological polar surface area (TPSA) is 128 Å². The van der Waals surface area contributed by atoms with Gasteiger partial charge in [0.15, 0.2) is 0 Å². The Labute approximate surface area is 192 Å². The van der Waals surface area contributed by atoms with Crippen molar-refractivity contribution in [3.63, 3.8) is 0 Å². The molecular weight excluding hydrogens is 419 g/mol. The largest absolute Gasteiger partial charge is 0.384 e. The molecule has 0 aliphatic carbocycles. The minimum atomic E-state index is -0.424. The van der Waals surface area contributed by atoms with Crippen LogP contribution in [0.15, 0.2) is 79.8 Å². The van der Waals surface area contributed by atoms with Crippen LogP contribution in [0.4, 0.5) is 10.2 Å². The molecule has 7 nitrogen and oxygen atoms in total. The number of allylic oxidation sites excluding steroid dienone is 4. The number of amidine groups is 1. The first-order chi connectivity index (χ1) is 15.8. The fourth-order valence-electron chi connectivity index (χ4n) is 2.73. The lowest BCUT2D eigenvalue weighted by molar-refractivity contribution is 0.0955. The molecule has 168 valence electrons. The number of carbonyl (C=O) groups excluding carboxylic acids is 1. The molecule has 5 N–H and O–H groups in total. The maximum absolute atomic E-state index is 13.3. The Balaban J connectivity index is 2.05. The summed E-state index contributed by atoms with van der Waals surface area (Å²) in [5, 5.41) is 22.5. The molecule has 8 heteroatoms. The second kappa shape index (κ2) is 12.4. The molecule has 1 aromatic heterocycles. The Morgan fingerprint density at radius 1 is 1.33 bits per heavy atom. The summed E-state index contributed by atoms with van der Waals surface area (Å²) in [6, 6.07) is 10.8. The smallest absolute Gasteiger partial charge is 0.255 e. The van der Waals surface area contributed by atoms with Crippen molar-refractivity contribution in [1.82, 2.24) is 10.3 Å². The van der Waals surface area contributed by atoms with Crippen molar-refractivity contribution >= 4 is 23.1 Å². The van der Waals surface area contributed by atoms with Gasteiger partial charge in [-0.05, 0) is 35.8 Å². The fraction of sp³-hybridized carbons (Fsp3) is 0.120. The normalized spacial score (nSPS) is 11.0. The number of hydrogen-bond donors (Lipinski definition) is 4. The zero-order valence-electron chi connectivity index (χ0n) is 18.1. The standard InChI is InChI=1S/C25H25FN6O/c1-3-6-21(26)7-4-5-12-30-25(33)22-13-19(14-27)16-32-24(22)31-15-18-8-10-20(11-9-18)17(2)23(28)29/h3-4,6-11,13,16H,1-2,5,12,15H2,(H3,28,29)(H,30,33)(H,31,32)/b7-4-,21-6+. The summed E-state index contributed by atoms with van der Waals surface area (Å²) in [6.07, 6.45) is 7.30. The van der Waals surface area contributed by atoms with Crippen LogP contribution in [0.2, 0.25) is 0 Å². The Kier molecular flexibility index (Phi) is 9.28. The van der Waals surface area contributed by atoms with Crippen LogP contribution in [0.3, 0.4) is 0 Å². The van der Waals surface area contributed by atoms with E-state index in [9.17, 15) is 9.18 Å². The van der Waals surface area contributed by atoms with Gasteiger partial charge in [-0.25, -0.2) is 9.37 Å². The van der Waals surface area contributed by atoms with E-state index in [1.807, 2.05) is 18.2 Å². The summed E-state index contributed by atoms with van der Waals surface area (Å²) in [4.78, 5) is 16.9. The summed E-state index contributed by atoms with van der Waals surface area (Å²) in [5.41, 5.74) is 8.05. The third kappa shape index (κ3) is 7.60. The zero-order valence-corrected chi connectivity index (χ0v) is 18.1. The number of amides is 1. The molecule has 33 heavy (non-hydrogen) atoms. The van der Waals surface area contributed by atoms with Gasteiger partial charge in [-0.1, -0.05) is 49.6 Å². The van der Waals surface area contributed by atoms with Crippen molar-refractivity contribution in [3.8, 4) is 6.07 Å². The van der Waals surface area contributed by atoms with Gasteiger partial charge in [0.2, 0.25) is 0 Å². The lowest BCUT2D eigenvalue weighted by atomic mass is 10.0. The van der Waals surface area contributed by atoms with Gasteiger partial charge in [-0.3, -0.25) is 10.2 Å². The predicted molar refractivity (Wildman–Crippen MR) is 129 cm³/mol. The monoisotopic (exact) mass is 444 g/mol. The van der Waals surface area contributed by atoms with Gasteiger partial charge in [-0.15, -0.1) is 0 Å². The summed E-state index contributed by atoms with van der Waals surface area (Å²) in [6.45, 7) is 7.85. The molecule has 1 aromatic carbocycles. The van der Waals surface area contributed by atoms with Gasteiger partial charge >= 0.3 is 0 Å². The van der Waals surface area contributed by atoms with Crippen LogP contribution in [-0.2, 0) is 6.54 Å². The Morgan fingerprint density at radius 3 is 2.70 bits per heavy atom. The number of nitrogens with two attached hydrogens (primary N) is 1. The van der Waals surface area contributed by atoms with Crippen LogP contribution >= 0.6 is 0 Å². The first-order valence-electron chi connectivity index (χ1n) is 10.0. The molecule has 0 bridgehead atoms. The summed E-state index contributed by atoms with van der Waals surface area (Å²) >= 11 is 0. The molecule has 1 heterocycles. The molecule has 0 unspecified atom stereocenters. The Morgan fingerprint density at radius 2 is 2.06 bits per heavy atom. The van der Waals surface area contributed by atoms with Crippen molar-refractivity contribution < 1.29 is 9.18 Å². The van der Waals surface area contributed by atoms with Gasteiger partial charge < -0.3 is 16.4 Å². The summed E-state index contributed by atoms with van der Waals surface area (Å²) < 4.78 is 13.3. The van der Waals surface area contributed by atoms with Crippen LogP contribution in [0.25, 0.3) is 5.57 Å². The minimum Gasteiger partial charge on any atom is -0.384 e. The van der Waals surface area contributed by atoms with E-state index in [-0.39, 0.29) is 23.5 Å². The number of nitrogens with zero attached hydrogens (tertiary/aromatic N) is 2. The number of anilines is 1. The van der Waals surface area contributed by atoms with Gasteiger partial charge in [-0.2, -0.15) is 5.26 Å². The van der Waals surface area contributed by atoms with E-state index in [4.69, 9.17) is 16.4 Å². The van der Waals surface area contributed by atoms with E-state index >= 15 is 0 Å².